The highest BCUT2D eigenvalue weighted by Crippen LogP contribution is 2.30. The van der Waals surface area contributed by atoms with Crippen molar-refractivity contribution in [2.24, 2.45) is 4.99 Å². The number of aliphatic imine (C=N–C) groups is 1. The Labute approximate surface area is 114 Å². The predicted molar refractivity (Wildman–Crippen MR) is 70.5 cm³/mol. The van der Waals surface area contributed by atoms with E-state index in [0.29, 0.717) is 18.0 Å². The molecule has 0 aromatic carbocycles. The minimum absolute atomic E-state index is 0.409. The van der Waals surface area contributed by atoms with Crippen LogP contribution in [0.1, 0.15) is 10.7 Å². The van der Waals surface area contributed by atoms with Crippen LogP contribution in [0.4, 0.5) is 13.2 Å². The summed E-state index contributed by atoms with van der Waals surface area (Å²) in [4.78, 5) is 11.6. The first-order valence-electron chi connectivity index (χ1n) is 5.62. The molecule has 1 aromatic heterocycles. The van der Waals surface area contributed by atoms with Crippen LogP contribution in [-0.4, -0.2) is 55.5 Å². The quantitative estimate of drug-likeness (QED) is 0.632. The molecule has 8 heteroatoms. The predicted octanol–water partition coefficient (Wildman–Crippen LogP) is 2.18. The maximum absolute atomic E-state index is 12.4. The third-order valence-corrected chi connectivity index (χ3v) is 3.13. The van der Waals surface area contributed by atoms with Gasteiger partial charge in [0.15, 0.2) is 11.7 Å². The van der Waals surface area contributed by atoms with Gasteiger partial charge in [-0.25, -0.2) is 4.98 Å². The largest absolute Gasteiger partial charge is 0.434 e. The number of hydrogen-bond donors (Lipinski definition) is 0. The average Bonchev–Trinajstić information content (AvgIpc) is 2.71. The van der Waals surface area contributed by atoms with Crippen molar-refractivity contribution in [2.45, 2.75) is 12.6 Å². The Bertz CT molecular complexity index is 427. The smallest absolute Gasteiger partial charge is 0.349 e. The zero-order chi connectivity index (χ0) is 14.6. The van der Waals surface area contributed by atoms with Gasteiger partial charge in [-0.05, 0) is 0 Å². The van der Waals surface area contributed by atoms with Crippen LogP contribution in [0.2, 0.25) is 0 Å². The molecule has 0 aliphatic rings. The van der Waals surface area contributed by atoms with Crippen LogP contribution in [0.5, 0.6) is 0 Å². The lowest BCUT2D eigenvalue weighted by molar-refractivity contribution is -0.140. The van der Waals surface area contributed by atoms with E-state index in [-0.39, 0.29) is 0 Å². The molecule has 0 bridgehead atoms. The van der Waals surface area contributed by atoms with Crippen LogP contribution in [-0.2, 0) is 12.6 Å². The van der Waals surface area contributed by atoms with Gasteiger partial charge in [0.2, 0.25) is 0 Å². The van der Waals surface area contributed by atoms with Gasteiger partial charge in [-0.15, -0.1) is 11.3 Å². The highest BCUT2D eigenvalue weighted by atomic mass is 32.1. The Kier molecular flexibility index (Phi) is 5.16. The van der Waals surface area contributed by atoms with E-state index >= 15 is 0 Å². The van der Waals surface area contributed by atoms with Crippen LogP contribution in [0.3, 0.4) is 0 Å². The van der Waals surface area contributed by atoms with Crippen molar-refractivity contribution < 1.29 is 13.2 Å². The molecule has 1 heterocycles. The summed E-state index contributed by atoms with van der Waals surface area (Å²) in [5.41, 5.74) is -0.822. The van der Waals surface area contributed by atoms with Crippen molar-refractivity contribution in [1.29, 1.82) is 0 Å². The molecule has 0 spiro atoms. The summed E-state index contributed by atoms with van der Waals surface area (Å²) < 4.78 is 37.1. The fourth-order valence-electron chi connectivity index (χ4n) is 1.49. The number of nitrogens with zero attached hydrogens (tertiary/aromatic N) is 4. The molecular weight excluding hydrogens is 277 g/mol. The number of hydrogen-bond acceptors (Lipinski definition) is 3. The maximum Gasteiger partial charge on any atom is 0.434 e. The van der Waals surface area contributed by atoms with Gasteiger partial charge >= 0.3 is 6.18 Å². The topological polar surface area (TPSA) is 31.7 Å². The summed E-state index contributed by atoms with van der Waals surface area (Å²) in [7, 11) is 7.46. The lowest BCUT2D eigenvalue weighted by Gasteiger charge is -2.22. The van der Waals surface area contributed by atoms with E-state index in [1.807, 2.05) is 38.0 Å². The zero-order valence-electron chi connectivity index (χ0n) is 11.3. The molecule has 0 aliphatic carbocycles. The Morgan fingerprint density at radius 2 is 1.84 bits per heavy atom. The summed E-state index contributed by atoms with van der Waals surface area (Å²) in [5, 5.41) is 1.49. The third-order valence-electron chi connectivity index (χ3n) is 2.22. The van der Waals surface area contributed by atoms with Gasteiger partial charge in [0.1, 0.15) is 0 Å². The molecule has 0 atom stereocenters. The lowest BCUT2D eigenvalue weighted by Crippen LogP contribution is -2.35. The minimum Gasteiger partial charge on any atom is -0.349 e. The molecule has 19 heavy (non-hydrogen) atoms. The van der Waals surface area contributed by atoms with E-state index in [4.69, 9.17) is 0 Å². The fraction of sp³-hybridized carbons (Fsp3) is 0.636. The summed E-state index contributed by atoms with van der Waals surface area (Å²) in [5.74, 6) is 0.771. The molecule has 0 aliphatic heterocycles. The summed E-state index contributed by atoms with van der Waals surface area (Å²) in [6.07, 6.45) is -3.96. The van der Waals surface area contributed by atoms with E-state index in [0.717, 1.165) is 22.7 Å². The van der Waals surface area contributed by atoms with Crippen molar-refractivity contribution in [1.82, 2.24) is 14.8 Å². The van der Waals surface area contributed by atoms with Crippen LogP contribution in [0, 0.1) is 0 Å². The summed E-state index contributed by atoms with van der Waals surface area (Å²) in [6, 6.07) is 0. The Balaban J connectivity index is 2.62. The first-order chi connectivity index (χ1) is 8.71. The Morgan fingerprint density at radius 3 is 2.26 bits per heavy atom. The standard InChI is InChI=1S/C11H17F3N4S/c1-17(2)10(18(3)4)15-6-5-9-16-8(7-19-9)11(12,13)14/h7H,5-6H2,1-4H3. The molecule has 108 valence electrons. The van der Waals surface area contributed by atoms with Gasteiger partial charge in [-0.3, -0.25) is 4.99 Å². The second kappa shape index (κ2) is 6.23. The Hall–Kier alpha value is -1.31. The monoisotopic (exact) mass is 294 g/mol. The highest BCUT2D eigenvalue weighted by Gasteiger charge is 2.33. The molecule has 0 saturated carbocycles. The van der Waals surface area contributed by atoms with Gasteiger partial charge in [0.25, 0.3) is 0 Å². The van der Waals surface area contributed by atoms with E-state index in [1.165, 1.54) is 0 Å². The maximum atomic E-state index is 12.4. The van der Waals surface area contributed by atoms with Gasteiger partial charge < -0.3 is 9.80 Å². The molecule has 4 nitrogen and oxygen atoms in total. The number of rotatable bonds is 3. The molecule has 1 rings (SSSR count). The zero-order valence-corrected chi connectivity index (χ0v) is 12.1. The Morgan fingerprint density at radius 1 is 1.26 bits per heavy atom. The minimum atomic E-state index is -4.36. The van der Waals surface area contributed by atoms with Gasteiger partial charge in [0, 0.05) is 46.5 Å². The van der Waals surface area contributed by atoms with Crippen LogP contribution >= 0.6 is 11.3 Å². The average molecular weight is 294 g/mol. The van der Waals surface area contributed by atoms with Crippen molar-refractivity contribution in [3.05, 3.63) is 16.1 Å². The van der Waals surface area contributed by atoms with Gasteiger partial charge in [-0.2, -0.15) is 13.2 Å². The SMILES string of the molecule is CN(C)C(=NCCc1nc(C(F)(F)F)cs1)N(C)C. The molecular formula is C11H17F3N4S. The van der Waals surface area contributed by atoms with Crippen molar-refractivity contribution in [2.75, 3.05) is 34.7 Å². The first-order valence-corrected chi connectivity index (χ1v) is 6.50. The number of guanidine groups is 1. The molecule has 0 amide bonds. The number of halogens is 3. The van der Waals surface area contributed by atoms with Crippen LogP contribution in [0.25, 0.3) is 0 Å². The van der Waals surface area contributed by atoms with E-state index in [1.54, 1.807) is 0 Å². The summed E-state index contributed by atoms with van der Waals surface area (Å²) >= 11 is 1.02. The molecule has 0 radical (unpaired) electrons. The van der Waals surface area contributed by atoms with Crippen LogP contribution < -0.4 is 0 Å². The lowest BCUT2D eigenvalue weighted by atomic mass is 10.4. The van der Waals surface area contributed by atoms with Crippen LogP contribution in [0.15, 0.2) is 10.4 Å². The molecule has 0 fully saturated rings. The second-order valence-electron chi connectivity index (χ2n) is 4.34. The van der Waals surface area contributed by atoms with E-state index in [9.17, 15) is 13.2 Å². The van der Waals surface area contributed by atoms with Gasteiger partial charge in [0.05, 0.1) is 5.01 Å². The van der Waals surface area contributed by atoms with E-state index in [2.05, 4.69) is 9.98 Å². The number of alkyl halides is 3. The highest BCUT2D eigenvalue weighted by molar-refractivity contribution is 7.09. The summed E-state index contributed by atoms with van der Waals surface area (Å²) in [6.45, 7) is 0.413. The van der Waals surface area contributed by atoms with E-state index < -0.39 is 11.9 Å². The molecule has 0 unspecified atom stereocenters. The third kappa shape index (κ3) is 4.70. The van der Waals surface area contributed by atoms with Crippen molar-refractivity contribution >= 4 is 17.3 Å². The number of aromatic nitrogens is 1. The molecule has 1 aromatic rings. The van der Waals surface area contributed by atoms with Crippen molar-refractivity contribution in [3.8, 4) is 0 Å². The van der Waals surface area contributed by atoms with Crippen molar-refractivity contribution in [3.63, 3.8) is 0 Å². The van der Waals surface area contributed by atoms with Gasteiger partial charge in [-0.1, -0.05) is 0 Å². The second-order valence-corrected chi connectivity index (χ2v) is 5.29. The fourth-order valence-corrected chi connectivity index (χ4v) is 2.28. The molecule has 0 N–H and O–H groups in total. The number of thiazole rings is 1. The molecule has 0 saturated heterocycles. The normalized spacial score (nSPS) is 11.3. The first kappa shape index (κ1) is 15.7.